The van der Waals surface area contributed by atoms with E-state index in [0.717, 1.165) is 13.0 Å². The van der Waals surface area contributed by atoms with Crippen molar-refractivity contribution in [3.63, 3.8) is 0 Å². The predicted molar refractivity (Wildman–Crippen MR) is 115 cm³/mol. The number of nitrogen functional groups attached to an aromatic ring is 1. The molecule has 2 aromatic carbocycles. The van der Waals surface area contributed by atoms with Crippen molar-refractivity contribution in [2.24, 2.45) is 5.73 Å². The number of fused-ring (bicyclic) bond motifs is 1. The molecule has 174 valence electrons. The number of imide groups is 1. The van der Waals surface area contributed by atoms with E-state index in [4.69, 9.17) is 25.8 Å². The highest BCUT2D eigenvalue weighted by atomic mass is 19.1. The number of carbonyl (C=O) groups is 4. The Hall–Kier alpha value is -4.12. The molecule has 0 aromatic heterocycles. The average Bonchev–Trinajstić information content (AvgIpc) is 3.01. The minimum absolute atomic E-state index is 0.0568. The zero-order valence-corrected chi connectivity index (χ0v) is 17.9. The molecule has 33 heavy (non-hydrogen) atoms. The molecule has 0 saturated heterocycles. The van der Waals surface area contributed by atoms with Crippen molar-refractivity contribution in [1.82, 2.24) is 10.2 Å². The number of ether oxygens (including phenoxy) is 1. The number of carboxylic acids is 1. The molecule has 10 nitrogen and oxygen atoms in total. The van der Waals surface area contributed by atoms with E-state index in [0.29, 0.717) is 16.0 Å². The molecule has 0 spiro atoms. The van der Waals surface area contributed by atoms with Gasteiger partial charge in [-0.25, -0.2) is 9.29 Å². The van der Waals surface area contributed by atoms with Crippen LogP contribution < -0.4 is 11.1 Å². The number of halogens is 1. The van der Waals surface area contributed by atoms with Crippen molar-refractivity contribution in [2.45, 2.75) is 26.6 Å². The molecule has 0 saturated carbocycles. The lowest BCUT2D eigenvalue weighted by molar-refractivity contribution is -0.140. The summed E-state index contributed by atoms with van der Waals surface area (Å²) in [4.78, 5) is 47.5. The normalized spacial score (nSPS) is 13.0. The van der Waals surface area contributed by atoms with E-state index in [1.807, 2.05) is 0 Å². The first kappa shape index (κ1) is 25.1. The van der Waals surface area contributed by atoms with Crippen molar-refractivity contribution in [1.29, 1.82) is 5.41 Å². The van der Waals surface area contributed by atoms with Gasteiger partial charge in [0.1, 0.15) is 11.7 Å². The third kappa shape index (κ3) is 5.98. The average molecular weight is 458 g/mol. The van der Waals surface area contributed by atoms with E-state index < -0.39 is 35.7 Å². The number of amidine groups is 1. The Bertz CT molecular complexity index is 1080. The second kappa shape index (κ2) is 11.0. The molecule has 3 amide bonds. The highest BCUT2D eigenvalue weighted by Crippen LogP contribution is 2.27. The molecule has 5 N–H and O–H groups in total. The number of carbonyl (C=O) groups excluding carboxylic acids is 3. The van der Waals surface area contributed by atoms with Crippen LogP contribution in [0.3, 0.4) is 0 Å². The van der Waals surface area contributed by atoms with Gasteiger partial charge in [0.25, 0.3) is 23.7 Å². The van der Waals surface area contributed by atoms with Gasteiger partial charge in [0.05, 0.1) is 11.1 Å². The molecular formula is C22H23FN4O6. The van der Waals surface area contributed by atoms with Crippen LogP contribution in [-0.4, -0.2) is 52.4 Å². The maximum atomic E-state index is 14.0. The lowest BCUT2D eigenvalue weighted by Gasteiger charge is -2.24. The van der Waals surface area contributed by atoms with Crippen LogP contribution in [0, 0.1) is 11.2 Å². The molecule has 2 aromatic rings. The lowest BCUT2D eigenvalue weighted by atomic mass is 10.1. The maximum absolute atomic E-state index is 14.0. The Kier molecular flexibility index (Phi) is 8.35. The standard InChI is InChI=1S/C20H19FN4O4.C2H4O2/c1-2-29-20(17(26)24-10-11-6-8-12(9-7-11)16(22)23)25-18(27)13-4-3-5-14(21)15(13)19(25)28;1-2(3)4/h3-9,20H,2,10H2,1H3,(H3,22,23)(H,24,26);1H3,(H,3,4). The topological polar surface area (TPSA) is 163 Å². The number of benzene rings is 2. The highest BCUT2D eigenvalue weighted by Gasteiger charge is 2.44. The number of rotatable bonds is 7. The summed E-state index contributed by atoms with van der Waals surface area (Å²) in [5.41, 5.74) is 6.19. The van der Waals surface area contributed by atoms with Gasteiger partial charge < -0.3 is 20.9 Å². The van der Waals surface area contributed by atoms with Crippen LogP contribution in [-0.2, 0) is 20.9 Å². The third-order valence-electron chi connectivity index (χ3n) is 4.41. The number of amides is 3. The number of carboxylic acid groups (broad SMARTS) is 1. The Labute approximate surface area is 188 Å². The van der Waals surface area contributed by atoms with Crippen molar-refractivity contribution in [2.75, 3.05) is 6.61 Å². The molecule has 1 aliphatic rings. The summed E-state index contributed by atoms with van der Waals surface area (Å²) in [5.74, 6) is -4.15. The van der Waals surface area contributed by atoms with Gasteiger partial charge in [-0.1, -0.05) is 30.3 Å². The fraction of sp³-hybridized carbons (Fsp3) is 0.227. The molecule has 11 heteroatoms. The second-order valence-electron chi connectivity index (χ2n) is 6.80. The summed E-state index contributed by atoms with van der Waals surface area (Å²) < 4.78 is 19.4. The van der Waals surface area contributed by atoms with Gasteiger partial charge in [0, 0.05) is 25.6 Å². The van der Waals surface area contributed by atoms with Crippen molar-refractivity contribution in [3.8, 4) is 0 Å². The Morgan fingerprint density at radius 3 is 2.30 bits per heavy atom. The van der Waals surface area contributed by atoms with Crippen LogP contribution in [0.4, 0.5) is 4.39 Å². The molecule has 1 unspecified atom stereocenters. The van der Waals surface area contributed by atoms with E-state index >= 15 is 0 Å². The number of nitrogens with zero attached hydrogens (tertiary/aromatic N) is 1. The first-order valence-electron chi connectivity index (χ1n) is 9.77. The van der Waals surface area contributed by atoms with E-state index in [1.54, 1.807) is 31.2 Å². The number of hydrogen-bond donors (Lipinski definition) is 4. The van der Waals surface area contributed by atoms with Crippen LogP contribution in [0.1, 0.15) is 45.7 Å². The van der Waals surface area contributed by atoms with Crippen molar-refractivity contribution in [3.05, 3.63) is 70.5 Å². The zero-order chi connectivity index (χ0) is 24.7. The van der Waals surface area contributed by atoms with Crippen molar-refractivity contribution >= 4 is 29.5 Å². The highest BCUT2D eigenvalue weighted by molar-refractivity contribution is 6.22. The van der Waals surface area contributed by atoms with E-state index in [2.05, 4.69) is 5.32 Å². The number of aliphatic carboxylic acids is 1. The second-order valence-corrected chi connectivity index (χ2v) is 6.80. The largest absolute Gasteiger partial charge is 0.481 e. The fourth-order valence-electron chi connectivity index (χ4n) is 2.98. The smallest absolute Gasteiger partial charge is 0.300 e. The molecule has 0 fully saturated rings. The predicted octanol–water partition coefficient (Wildman–Crippen LogP) is 1.48. The molecular weight excluding hydrogens is 435 g/mol. The van der Waals surface area contributed by atoms with Gasteiger partial charge >= 0.3 is 0 Å². The summed E-state index contributed by atoms with van der Waals surface area (Å²) in [5, 5.41) is 17.4. The third-order valence-corrected chi connectivity index (χ3v) is 4.41. The van der Waals surface area contributed by atoms with E-state index in [9.17, 15) is 18.8 Å². The molecule has 1 heterocycles. The first-order chi connectivity index (χ1) is 15.6. The van der Waals surface area contributed by atoms with Gasteiger partial charge in [-0.05, 0) is 24.6 Å². The Balaban J connectivity index is 0.000000890. The molecule has 1 aliphatic heterocycles. The van der Waals surface area contributed by atoms with Crippen LogP contribution >= 0.6 is 0 Å². The number of hydrogen-bond acceptors (Lipinski definition) is 6. The molecule has 0 bridgehead atoms. The monoisotopic (exact) mass is 458 g/mol. The summed E-state index contributed by atoms with van der Waals surface area (Å²) >= 11 is 0. The zero-order valence-electron chi connectivity index (χ0n) is 17.9. The molecule has 0 aliphatic carbocycles. The van der Waals surface area contributed by atoms with Crippen LogP contribution in [0.2, 0.25) is 0 Å². The van der Waals surface area contributed by atoms with Gasteiger partial charge in [-0.3, -0.25) is 24.6 Å². The Morgan fingerprint density at radius 1 is 1.18 bits per heavy atom. The summed E-state index contributed by atoms with van der Waals surface area (Å²) in [6.45, 7) is 2.85. The molecule has 1 atom stereocenters. The summed E-state index contributed by atoms with van der Waals surface area (Å²) in [6, 6.07) is 10.4. The minimum atomic E-state index is -1.52. The first-order valence-corrected chi connectivity index (χ1v) is 9.77. The van der Waals surface area contributed by atoms with Crippen LogP contribution in [0.25, 0.3) is 0 Å². The molecule has 0 radical (unpaired) electrons. The fourth-order valence-corrected chi connectivity index (χ4v) is 2.98. The van der Waals surface area contributed by atoms with Crippen LogP contribution in [0.5, 0.6) is 0 Å². The summed E-state index contributed by atoms with van der Waals surface area (Å²) in [6.07, 6.45) is -1.52. The lowest BCUT2D eigenvalue weighted by Crippen LogP contribution is -2.51. The molecule has 3 rings (SSSR count). The quantitative estimate of drug-likeness (QED) is 0.277. The Morgan fingerprint density at radius 2 is 1.79 bits per heavy atom. The summed E-state index contributed by atoms with van der Waals surface area (Å²) in [7, 11) is 0. The van der Waals surface area contributed by atoms with Crippen LogP contribution in [0.15, 0.2) is 42.5 Å². The SMILES string of the molecule is CC(=O)O.CCOC(C(=O)NCc1ccc(C(=N)N)cc1)N1C(=O)c2cccc(F)c2C1=O. The van der Waals surface area contributed by atoms with Gasteiger partial charge in [0.2, 0.25) is 6.23 Å². The maximum Gasteiger partial charge on any atom is 0.300 e. The number of nitrogens with two attached hydrogens (primary N) is 1. The number of nitrogens with one attached hydrogen (secondary N) is 2. The van der Waals surface area contributed by atoms with E-state index in [1.165, 1.54) is 12.1 Å². The van der Waals surface area contributed by atoms with Gasteiger partial charge in [-0.15, -0.1) is 0 Å². The van der Waals surface area contributed by atoms with Gasteiger partial charge in [-0.2, -0.15) is 0 Å². The van der Waals surface area contributed by atoms with E-state index in [-0.39, 0.29) is 30.1 Å². The van der Waals surface area contributed by atoms with Crippen molar-refractivity contribution < 1.29 is 33.4 Å². The minimum Gasteiger partial charge on any atom is -0.481 e. The van der Waals surface area contributed by atoms with Gasteiger partial charge in [0.15, 0.2) is 0 Å².